The zero-order valence-electron chi connectivity index (χ0n) is 15.5. The first-order chi connectivity index (χ1) is 11.4. The number of hydrogen-bond donors (Lipinski definition) is 1. The van der Waals surface area contributed by atoms with Crippen LogP contribution >= 0.6 is 11.3 Å². The highest BCUT2D eigenvalue weighted by Crippen LogP contribution is 2.18. The molecule has 0 aliphatic rings. The first-order valence-electron chi connectivity index (χ1n) is 8.26. The van der Waals surface area contributed by atoms with Gasteiger partial charge in [-0.3, -0.25) is 9.67 Å². The van der Waals surface area contributed by atoms with Crippen LogP contribution in [-0.4, -0.2) is 46.3 Å². The SMILES string of the molecule is CN=C(NCCc1ncc(C)s1)N(C)Cc1cn(C)nc1C(C)C. The van der Waals surface area contributed by atoms with Gasteiger partial charge in [0.15, 0.2) is 5.96 Å². The van der Waals surface area contributed by atoms with Crippen LogP contribution in [0.1, 0.15) is 40.9 Å². The highest BCUT2D eigenvalue weighted by molar-refractivity contribution is 7.11. The van der Waals surface area contributed by atoms with E-state index in [2.05, 4.69) is 59.3 Å². The minimum Gasteiger partial charge on any atom is -0.356 e. The molecule has 0 spiro atoms. The van der Waals surface area contributed by atoms with Crippen LogP contribution in [0.4, 0.5) is 0 Å². The molecule has 2 heterocycles. The Kier molecular flexibility index (Phi) is 6.36. The number of thiazole rings is 1. The summed E-state index contributed by atoms with van der Waals surface area (Å²) in [5.41, 5.74) is 2.39. The van der Waals surface area contributed by atoms with Crippen molar-refractivity contribution in [1.29, 1.82) is 0 Å². The molecule has 0 aromatic carbocycles. The van der Waals surface area contributed by atoms with E-state index in [0.29, 0.717) is 5.92 Å². The van der Waals surface area contributed by atoms with E-state index in [0.717, 1.165) is 36.2 Å². The third-order valence-corrected chi connectivity index (χ3v) is 4.73. The van der Waals surface area contributed by atoms with Gasteiger partial charge in [-0.05, 0) is 12.8 Å². The molecule has 0 unspecified atom stereocenters. The van der Waals surface area contributed by atoms with Gasteiger partial charge in [0.1, 0.15) is 0 Å². The van der Waals surface area contributed by atoms with Gasteiger partial charge in [-0.2, -0.15) is 5.10 Å². The number of nitrogens with zero attached hydrogens (tertiary/aromatic N) is 5. The lowest BCUT2D eigenvalue weighted by atomic mass is 10.1. The summed E-state index contributed by atoms with van der Waals surface area (Å²) in [7, 11) is 5.84. The Morgan fingerprint density at radius 3 is 2.79 bits per heavy atom. The maximum atomic E-state index is 4.58. The smallest absolute Gasteiger partial charge is 0.193 e. The molecule has 0 amide bonds. The predicted molar refractivity (Wildman–Crippen MR) is 101 cm³/mol. The van der Waals surface area contributed by atoms with Crippen molar-refractivity contribution in [2.75, 3.05) is 20.6 Å². The number of aliphatic imine (C=N–C) groups is 1. The summed E-state index contributed by atoms with van der Waals surface area (Å²) in [4.78, 5) is 12.2. The van der Waals surface area contributed by atoms with Gasteiger partial charge in [-0.25, -0.2) is 4.98 Å². The van der Waals surface area contributed by atoms with Crippen LogP contribution in [0.15, 0.2) is 17.4 Å². The van der Waals surface area contributed by atoms with Crippen molar-refractivity contribution >= 4 is 17.3 Å². The van der Waals surface area contributed by atoms with E-state index in [1.165, 1.54) is 10.4 Å². The summed E-state index contributed by atoms with van der Waals surface area (Å²) >= 11 is 1.75. The van der Waals surface area contributed by atoms with Gasteiger partial charge in [0.2, 0.25) is 0 Å². The molecule has 1 N–H and O–H groups in total. The largest absolute Gasteiger partial charge is 0.356 e. The fourth-order valence-corrected chi connectivity index (χ4v) is 3.46. The van der Waals surface area contributed by atoms with E-state index in [9.17, 15) is 0 Å². The van der Waals surface area contributed by atoms with Crippen LogP contribution in [-0.2, 0) is 20.0 Å². The molecule has 0 saturated heterocycles. The summed E-state index contributed by atoms with van der Waals surface area (Å²) in [5, 5.41) is 9.15. The van der Waals surface area contributed by atoms with Gasteiger partial charge < -0.3 is 10.2 Å². The molecule has 6 nitrogen and oxygen atoms in total. The summed E-state index contributed by atoms with van der Waals surface area (Å²) in [5.74, 6) is 1.31. The Morgan fingerprint density at radius 2 is 2.21 bits per heavy atom. The molecule has 0 radical (unpaired) electrons. The number of aromatic nitrogens is 3. The molecule has 0 saturated carbocycles. The number of hydrogen-bond acceptors (Lipinski definition) is 4. The van der Waals surface area contributed by atoms with E-state index in [1.54, 1.807) is 11.3 Å². The third kappa shape index (κ3) is 4.80. The highest BCUT2D eigenvalue weighted by atomic mass is 32.1. The topological polar surface area (TPSA) is 58.3 Å². The van der Waals surface area contributed by atoms with Crippen molar-refractivity contribution < 1.29 is 0 Å². The number of nitrogens with one attached hydrogen (secondary N) is 1. The van der Waals surface area contributed by atoms with E-state index in [-0.39, 0.29) is 0 Å². The first-order valence-corrected chi connectivity index (χ1v) is 9.07. The lowest BCUT2D eigenvalue weighted by Crippen LogP contribution is -2.39. The van der Waals surface area contributed by atoms with Gasteiger partial charge in [0.25, 0.3) is 0 Å². The molecular weight excluding hydrogens is 320 g/mol. The highest BCUT2D eigenvalue weighted by Gasteiger charge is 2.15. The second-order valence-electron chi connectivity index (χ2n) is 6.31. The molecule has 2 aromatic heterocycles. The standard InChI is InChI=1S/C17H28N6S/c1-12(2)16-14(11-23(6)21-16)10-22(5)17(18-4)19-8-7-15-20-9-13(3)24-15/h9,11-12H,7-8,10H2,1-6H3,(H,18,19). The Hall–Kier alpha value is -1.89. The molecule has 2 aromatic rings. The van der Waals surface area contributed by atoms with Crippen molar-refractivity contribution in [3.8, 4) is 0 Å². The van der Waals surface area contributed by atoms with Gasteiger partial charge >= 0.3 is 0 Å². The van der Waals surface area contributed by atoms with Crippen molar-refractivity contribution in [1.82, 2.24) is 25.0 Å². The average Bonchev–Trinajstić information content (AvgIpc) is 3.09. The number of rotatable bonds is 6. The van der Waals surface area contributed by atoms with Gasteiger partial charge in [0, 0.05) is 63.5 Å². The molecule has 0 atom stereocenters. The lowest BCUT2D eigenvalue weighted by Gasteiger charge is -2.22. The molecule has 0 aliphatic heterocycles. The molecule has 0 fully saturated rings. The van der Waals surface area contributed by atoms with Crippen LogP contribution in [0.5, 0.6) is 0 Å². The second kappa shape index (κ2) is 8.28. The summed E-state index contributed by atoms with van der Waals surface area (Å²) in [6, 6.07) is 0. The fourth-order valence-electron chi connectivity index (χ4n) is 2.68. The van der Waals surface area contributed by atoms with Gasteiger partial charge in [-0.15, -0.1) is 11.3 Å². The first kappa shape index (κ1) is 18.4. The zero-order valence-corrected chi connectivity index (χ0v) is 16.3. The van der Waals surface area contributed by atoms with Crippen molar-refractivity contribution in [2.24, 2.45) is 12.0 Å². The molecule has 7 heteroatoms. The summed E-state index contributed by atoms with van der Waals surface area (Å²) in [6.45, 7) is 8.05. The second-order valence-corrected chi connectivity index (χ2v) is 7.63. The van der Waals surface area contributed by atoms with Crippen LogP contribution in [0, 0.1) is 6.92 Å². The Bertz CT molecular complexity index is 685. The molecule has 0 bridgehead atoms. The summed E-state index contributed by atoms with van der Waals surface area (Å²) < 4.78 is 1.89. The predicted octanol–water partition coefficient (Wildman–Crippen LogP) is 2.56. The van der Waals surface area contributed by atoms with Crippen molar-refractivity contribution in [3.63, 3.8) is 0 Å². The minimum atomic E-state index is 0.415. The van der Waals surface area contributed by atoms with Gasteiger partial charge in [-0.1, -0.05) is 13.8 Å². The van der Waals surface area contributed by atoms with Crippen LogP contribution in [0.3, 0.4) is 0 Å². The van der Waals surface area contributed by atoms with E-state index < -0.39 is 0 Å². The van der Waals surface area contributed by atoms with E-state index in [4.69, 9.17) is 0 Å². The van der Waals surface area contributed by atoms with Crippen molar-refractivity contribution in [2.45, 2.75) is 39.7 Å². The van der Waals surface area contributed by atoms with Gasteiger partial charge in [0.05, 0.1) is 10.7 Å². The molecule has 132 valence electrons. The zero-order chi connectivity index (χ0) is 17.7. The van der Waals surface area contributed by atoms with Crippen LogP contribution in [0.2, 0.25) is 0 Å². The van der Waals surface area contributed by atoms with Crippen LogP contribution < -0.4 is 5.32 Å². The monoisotopic (exact) mass is 348 g/mol. The van der Waals surface area contributed by atoms with E-state index in [1.807, 2.05) is 25.0 Å². The maximum Gasteiger partial charge on any atom is 0.193 e. The molecule has 2 rings (SSSR count). The molecule has 0 aliphatic carbocycles. The molecule has 24 heavy (non-hydrogen) atoms. The summed E-state index contributed by atoms with van der Waals surface area (Å²) in [6.07, 6.45) is 4.93. The van der Waals surface area contributed by atoms with Crippen LogP contribution in [0.25, 0.3) is 0 Å². The Morgan fingerprint density at radius 1 is 1.46 bits per heavy atom. The normalized spacial score (nSPS) is 12.0. The lowest BCUT2D eigenvalue weighted by molar-refractivity contribution is 0.474. The maximum absolute atomic E-state index is 4.58. The quantitative estimate of drug-likeness (QED) is 0.644. The van der Waals surface area contributed by atoms with E-state index >= 15 is 0 Å². The average molecular weight is 349 g/mol. The number of guanidine groups is 1. The fraction of sp³-hybridized carbons (Fsp3) is 0.588. The third-order valence-electron chi connectivity index (χ3n) is 3.76. The number of aryl methyl sites for hydroxylation is 2. The molecular formula is C17H28N6S. The Labute approximate surface area is 148 Å². The minimum absolute atomic E-state index is 0.415. The van der Waals surface area contributed by atoms with Crippen molar-refractivity contribution in [3.05, 3.63) is 33.5 Å². The Balaban J connectivity index is 1.93.